The van der Waals surface area contributed by atoms with Gasteiger partial charge >= 0.3 is 16.5 Å². The van der Waals surface area contributed by atoms with Crippen LogP contribution in [0.25, 0.3) is 0 Å². The van der Waals surface area contributed by atoms with Crippen LogP contribution in [-0.4, -0.2) is 41.8 Å². The van der Waals surface area contributed by atoms with Gasteiger partial charge in [0.25, 0.3) is 29.5 Å². The Bertz CT molecular complexity index is 1050. The van der Waals surface area contributed by atoms with E-state index in [1.54, 1.807) is 0 Å². The average Bonchev–Trinajstić information content (AvgIpc) is 2.42. The second-order valence-electron chi connectivity index (χ2n) is 4.58. The van der Waals surface area contributed by atoms with Gasteiger partial charge in [0, 0.05) is 0 Å². The molecule has 0 aliphatic heterocycles. The Morgan fingerprint density at radius 2 is 0.821 bits per heavy atom. The molecule has 0 aliphatic carbocycles. The van der Waals surface area contributed by atoms with Gasteiger partial charge in [0.1, 0.15) is 0 Å². The molecule has 19 heteroatoms. The zero-order valence-electron chi connectivity index (χ0n) is 12.1. The molecule has 0 unspecified atom stereocenters. The van der Waals surface area contributed by atoms with Crippen molar-refractivity contribution in [3.8, 4) is 0 Å². The molecular weight excluding hydrogens is 507 g/mol. The van der Waals surface area contributed by atoms with Crippen molar-refractivity contribution in [1.82, 2.24) is 0 Å². The molecule has 0 amide bonds. The fourth-order valence-electron chi connectivity index (χ4n) is 1.48. The summed E-state index contributed by atoms with van der Waals surface area (Å²) < 4.78 is 182. The lowest BCUT2D eigenvalue weighted by Gasteiger charge is -2.17. The van der Waals surface area contributed by atoms with Crippen LogP contribution in [-0.2, 0) is 29.5 Å². The number of rotatable bonds is 3. The van der Waals surface area contributed by atoms with Gasteiger partial charge < -0.3 is 0 Å². The molecule has 1 aromatic rings. The molecule has 28 heavy (non-hydrogen) atoms. The predicted molar refractivity (Wildman–Crippen MR) is 71.2 cm³/mol. The first-order valence-electron chi connectivity index (χ1n) is 5.77. The van der Waals surface area contributed by atoms with E-state index in [0.29, 0.717) is 0 Å². The zero-order valence-corrected chi connectivity index (χ0v) is 15.3. The highest BCUT2D eigenvalue weighted by atomic mass is 35.5. The summed E-state index contributed by atoms with van der Waals surface area (Å²) in [5.41, 5.74) is -19.1. The summed E-state index contributed by atoms with van der Waals surface area (Å²) in [4.78, 5) is -7.78. The quantitative estimate of drug-likeness (QED) is 0.581. The number of alkyl halides is 9. The van der Waals surface area contributed by atoms with Gasteiger partial charge in [-0.3, -0.25) is 0 Å². The summed E-state index contributed by atoms with van der Waals surface area (Å²) in [5, 5.41) is -2.30. The van der Waals surface area contributed by atoms with Crippen molar-refractivity contribution in [1.29, 1.82) is 0 Å². The highest BCUT2D eigenvalue weighted by Gasteiger charge is 2.54. The molecule has 1 aromatic carbocycles. The molecular formula is C9H2ClF9O6S3. The SMILES string of the molecule is O=S(=O)(c1cc(S(=O)(=O)C(F)(F)F)c(Cl)c(S(=O)(=O)C(F)(F)F)c1)C(F)(F)F. The number of sulfone groups is 3. The Kier molecular flexibility index (Phi) is 5.86. The van der Waals surface area contributed by atoms with Gasteiger partial charge in [-0.25, -0.2) is 25.3 Å². The molecule has 0 radical (unpaired) electrons. The molecule has 0 fully saturated rings. The molecule has 1 rings (SSSR count). The Hall–Kier alpha value is -1.27. The minimum atomic E-state index is -6.86. The predicted octanol–water partition coefficient (Wildman–Crippen LogP) is 3.22. The smallest absolute Gasteiger partial charge is 0.214 e. The molecule has 6 nitrogen and oxygen atoms in total. The van der Waals surface area contributed by atoms with Crippen LogP contribution in [0.15, 0.2) is 26.8 Å². The van der Waals surface area contributed by atoms with E-state index in [1.165, 1.54) is 0 Å². The third-order valence-corrected chi connectivity index (χ3v) is 7.90. The second kappa shape index (κ2) is 6.63. The maximum absolute atomic E-state index is 12.6. The van der Waals surface area contributed by atoms with Gasteiger partial charge in [-0.1, -0.05) is 11.6 Å². The Morgan fingerprint density at radius 3 is 1.04 bits per heavy atom. The van der Waals surface area contributed by atoms with E-state index >= 15 is 0 Å². The first kappa shape index (κ1) is 24.8. The maximum atomic E-state index is 12.6. The van der Waals surface area contributed by atoms with Crippen LogP contribution in [0.4, 0.5) is 39.5 Å². The monoisotopic (exact) mass is 508 g/mol. The Morgan fingerprint density at radius 1 is 0.571 bits per heavy atom. The lowest BCUT2D eigenvalue weighted by molar-refractivity contribution is -0.0438. The van der Waals surface area contributed by atoms with Crippen LogP contribution in [0.5, 0.6) is 0 Å². The zero-order chi connectivity index (χ0) is 22.7. The topological polar surface area (TPSA) is 102 Å². The van der Waals surface area contributed by atoms with Gasteiger partial charge in [-0.05, 0) is 12.1 Å². The van der Waals surface area contributed by atoms with Gasteiger partial charge in [0.15, 0.2) is 0 Å². The van der Waals surface area contributed by atoms with E-state index < -0.39 is 77.9 Å². The van der Waals surface area contributed by atoms with Gasteiger partial charge in [-0.15, -0.1) is 0 Å². The van der Waals surface area contributed by atoms with Crippen LogP contribution in [0, 0.1) is 0 Å². The van der Waals surface area contributed by atoms with Crippen molar-refractivity contribution in [3.05, 3.63) is 17.2 Å². The maximum Gasteiger partial charge on any atom is 0.501 e. The third-order valence-electron chi connectivity index (χ3n) is 2.78. The molecule has 0 heterocycles. The fourth-order valence-corrected chi connectivity index (χ4v) is 4.98. The number of halogens is 10. The second-order valence-corrected chi connectivity index (χ2v) is 10.7. The molecule has 0 saturated carbocycles. The van der Waals surface area contributed by atoms with Crippen LogP contribution in [0.1, 0.15) is 0 Å². The lowest BCUT2D eigenvalue weighted by atomic mass is 10.3. The highest BCUT2D eigenvalue weighted by molar-refractivity contribution is 7.94. The molecule has 0 aromatic heterocycles. The summed E-state index contributed by atoms with van der Waals surface area (Å²) in [7, 11) is -20.5. The van der Waals surface area contributed by atoms with Crippen molar-refractivity contribution in [3.63, 3.8) is 0 Å². The highest BCUT2D eigenvalue weighted by Crippen LogP contribution is 2.43. The van der Waals surface area contributed by atoms with Crippen molar-refractivity contribution in [2.75, 3.05) is 0 Å². The van der Waals surface area contributed by atoms with Gasteiger partial charge in [-0.2, -0.15) is 39.5 Å². The summed E-state index contributed by atoms with van der Waals surface area (Å²) in [5.74, 6) is 0. The molecule has 0 atom stereocenters. The van der Waals surface area contributed by atoms with Crippen molar-refractivity contribution in [2.45, 2.75) is 31.2 Å². The number of benzene rings is 1. The van der Waals surface area contributed by atoms with Crippen LogP contribution in [0.3, 0.4) is 0 Å². The largest absolute Gasteiger partial charge is 0.501 e. The summed E-state index contributed by atoms with van der Waals surface area (Å²) >= 11 is 4.99. The van der Waals surface area contributed by atoms with Crippen LogP contribution < -0.4 is 0 Å². The molecule has 0 aliphatic rings. The summed E-state index contributed by atoms with van der Waals surface area (Å²) in [6.07, 6.45) is 0. The lowest BCUT2D eigenvalue weighted by Crippen LogP contribution is -2.29. The standard InChI is InChI=1S/C9H2ClF9O6S3/c10-6-4(27(22,23)8(14,15)16)1-3(26(20,21)7(11,12)13)2-5(6)28(24,25)9(17,18)19/h1-2H. The first-order chi connectivity index (χ1) is 12.0. The number of hydrogen-bond acceptors (Lipinski definition) is 6. The van der Waals surface area contributed by atoms with E-state index in [2.05, 4.69) is 0 Å². The van der Waals surface area contributed by atoms with E-state index in [9.17, 15) is 64.8 Å². The average molecular weight is 509 g/mol. The fraction of sp³-hybridized carbons (Fsp3) is 0.333. The minimum absolute atomic E-state index is 0.844. The van der Waals surface area contributed by atoms with E-state index in [4.69, 9.17) is 11.6 Å². The van der Waals surface area contributed by atoms with Crippen LogP contribution >= 0.6 is 11.6 Å². The third kappa shape index (κ3) is 3.90. The van der Waals surface area contributed by atoms with Crippen molar-refractivity contribution in [2.24, 2.45) is 0 Å². The van der Waals surface area contributed by atoms with Crippen molar-refractivity contribution >= 4 is 41.1 Å². The number of hydrogen-bond donors (Lipinski definition) is 0. The van der Waals surface area contributed by atoms with Crippen LogP contribution in [0.2, 0.25) is 5.02 Å². The normalized spacial score (nSPS) is 14.9. The molecule has 0 N–H and O–H groups in total. The van der Waals surface area contributed by atoms with Gasteiger partial charge in [0.05, 0.1) is 19.7 Å². The minimum Gasteiger partial charge on any atom is -0.214 e. The van der Waals surface area contributed by atoms with E-state index in [-0.39, 0.29) is 0 Å². The molecule has 0 saturated heterocycles. The van der Waals surface area contributed by atoms with Crippen molar-refractivity contribution < 1.29 is 64.8 Å². The summed E-state index contributed by atoms with van der Waals surface area (Å²) in [6.45, 7) is 0. The first-order valence-corrected chi connectivity index (χ1v) is 10.6. The van der Waals surface area contributed by atoms with Gasteiger partial charge in [0.2, 0.25) is 0 Å². The Labute approximate surface area is 154 Å². The summed E-state index contributed by atoms with van der Waals surface area (Å²) in [6, 6.07) is -1.69. The molecule has 0 spiro atoms. The molecule has 0 bridgehead atoms. The van der Waals surface area contributed by atoms with E-state index in [0.717, 1.165) is 0 Å². The molecule has 162 valence electrons. The Balaban J connectivity index is 4.25. The van der Waals surface area contributed by atoms with E-state index in [1.807, 2.05) is 0 Å².